The fourth-order valence-electron chi connectivity index (χ4n) is 1.96. The molecule has 0 saturated carbocycles. The predicted octanol–water partition coefficient (Wildman–Crippen LogP) is 2.38. The predicted molar refractivity (Wildman–Crippen MR) is 94.9 cm³/mol. The second-order valence-corrected chi connectivity index (χ2v) is 6.74. The number of anilines is 1. The van der Waals surface area contributed by atoms with E-state index in [1.54, 1.807) is 24.3 Å². The normalized spacial score (nSPS) is 10.7. The summed E-state index contributed by atoms with van der Waals surface area (Å²) in [5.74, 6) is -0.161. The molecule has 0 fully saturated rings. The van der Waals surface area contributed by atoms with Crippen LogP contribution in [-0.2, 0) is 22.4 Å². The van der Waals surface area contributed by atoms with Gasteiger partial charge >= 0.3 is 0 Å². The first-order chi connectivity index (χ1) is 11.5. The molecule has 2 aromatic heterocycles. The first kappa shape index (κ1) is 18.1. The number of amides is 2. The monoisotopic (exact) mass is 346 g/mol. The Morgan fingerprint density at radius 2 is 2.00 bits per heavy atom. The number of aromatic nitrogens is 2. The molecule has 0 saturated heterocycles. The average molecular weight is 346 g/mol. The number of carbonyl (C=O) groups is 2. The molecule has 128 valence electrons. The lowest BCUT2D eigenvalue weighted by Crippen LogP contribution is -2.30. The molecular formula is C17H22N4O2S. The number of thiazole rings is 1. The van der Waals surface area contributed by atoms with Gasteiger partial charge in [0, 0.05) is 37.3 Å². The first-order valence-corrected chi connectivity index (χ1v) is 8.72. The van der Waals surface area contributed by atoms with Crippen molar-refractivity contribution in [1.29, 1.82) is 0 Å². The highest BCUT2D eigenvalue weighted by Gasteiger charge is 2.14. The van der Waals surface area contributed by atoms with Crippen molar-refractivity contribution in [2.75, 3.05) is 18.9 Å². The van der Waals surface area contributed by atoms with Crippen LogP contribution in [0.5, 0.6) is 0 Å². The highest BCUT2D eigenvalue weighted by Crippen LogP contribution is 2.17. The minimum absolute atomic E-state index is 0.0103. The fourth-order valence-corrected chi connectivity index (χ4v) is 2.67. The molecule has 0 bridgehead atoms. The fraction of sp³-hybridized carbons (Fsp3) is 0.412. The Morgan fingerprint density at radius 3 is 2.67 bits per heavy atom. The van der Waals surface area contributed by atoms with E-state index in [0.717, 1.165) is 12.0 Å². The van der Waals surface area contributed by atoms with Crippen molar-refractivity contribution in [1.82, 2.24) is 14.9 Å². The minimum atomic E-state index is -0.0988. The molecule has 0 spiro atoms. The van der Waals surface area contributed by atoms with Crippen LogP contribution >= 0.6 is 11.3 Å². The average Bonchev–Trinajstić information content (AvgIpc) is 3.00. The van der Waals surface area contributed by atoms with E-state index in [1.165, 1.54) is 11.3 Å². The minimum Gasteiger partial charge on any atom is -0.345 e. The Kier molecular flexibility index (Phi) is 6.43. The SMILES string of the molecule is CC(C)C(=O)Nc1nc(CC(=O)N(C)CCc2ccncc2)cs1. The zero-order valence-electron chi connectivity index (χ0n) is 14.2. The van der Waals surface area contributed by atoms with E-state index in [1.807, 2.05) is 31.4 Å². The van der Waals surface area contributed by atoms with E-state index in [2.05, 4.69) is 15.3 Å². The van der Waals surface area contributed by atoms with Crippen LogP contribution in [-0.4, -0.2) is 40.3 Å². The number of nitrogens with zero attached hydrogens (tertiary/aromatic N) is 3. The summed E-state index contributed by atoms with van der Waals surface area (Å²) in [5, 5.41) is 5.10. The molecule has 0 aromatic carbocycles. The molecule has 0 aliphatic heterocycles. The first-order valence-electron chi connectivity index (χ1n) is 7.84. The molecule has 0 unspecified atom stereocenters. The summed E-state index contributed by atoms with van der Waals surface area (Å²) in [6.07, 6.45) is 4.53. The summed E-state index contributed by atoms with van der Waals surface area (Å²) in [4.78, 5) is 33.9. The summed E-state index contributed by atoms with van der Waals surface area (Å²) in [6.45, 7) is 4.29. The van der Waals surface area contributed by atoms with Gasteiger partial charge in [-0.1, -0.05) is 13.8 Å². The van der Waals surface area contributed by atoms with Gasteiger partial charge in [0.1, 0.15) is 0 Å². The molecule has 0 aliphatic rings. The van der Waals surface area contributed by atoms with Gasteiger partial charge in [-0.3, -0.25) is 14.6 Å². The zero-order chi connectivity index (χ0) is 17.5. The highest BCUT2D eigenvalue weighted by atomic mass is 32.1. The van der Waals surface area contributed by atoms with Crippen molar-refractivity contribution in [3.63, 3.8) is 0 Å². The number of pyridine rings is 1. The van der Waals surface area contributed by atoms with Crippen molar-refractivity contribution >= 4 is 28.3 Å². The molecule has 0 radical (unpaired) electrons. The number of hydrogen-bond donors (Lipinski definition) is 1. The second kappa shape index (κ2) is 8.54. The largest absolute Gasteiger partial charge is 0.345 e. The van der Waals surface area contributed by atoms with Gasteiger partial charge in [-0.2, -0.15) is 0 Å². The van der Waals surface area contributed by atoms with Gasteiger partial charge in [-0.15, -0.1) is 11.3 Å². The third-order valence-electron chi connectivity index (χ3n) is 3.55. The molecule has 1 N–H and O–H groups in total. The molecule has 6 nitrogen and oxygen atoms in total. The van der Waals surface area contributed by atoms with E-state index in [0.29, 0.717) is 17.4 Å². The summed E-state index contributed by atoms with van der Waals surface area (Å²) in [6, 6.07) is 3.89. The number of hydrogen-bond acceptors (Lipinski definition) is 5. The molecule has 2 rings (SSSR count). The van der Waals surface area contributed by atoms with E-state index in [9.17, 15) is 9.59 Å². The van der Waals surface area contributed by atoms with Crippen molar-refractivity contribution < 1.29 is 9.59 Å². The van der Waals surface area contributed by atoms with Crippen molar-refractivity contribution in [3.05, 3.63) is 41.2 Å². The maximum Gasteiger partial charge on any atom is 0.228 e. The van der Waals surface area contributed by atoms with Gasteiger partial charge in [0.05, 0.1) is 12.1 Å². The lowest BCUT2D eigenvalue weighted by Gasteiger charge is -2.16. The Balaban J connectivity index is 1.83. The van der Waals surface area contributed by atoms with E-state index in [4.69, 9.17) is 0 Å². The maximum absolute atomic E-state index is 12.3. The van der Waals surface area contributed by atoms with Gasteiger partial charge < -0.3 is 10.2 Å². The maximum atomic E-state index is 12.3. The van der Waals surface area contributed by atoms with Crippen molar-refractivity contribution in [3.8, 4) is 0 Å². The van der Waals surface area contributed by atoms with Crippen LogP contribution in [0.4, 0.5) is 5.13 Å². The van der Waals surface area contributed by atoms with Crippen LogP contribution in [0.25, 0.3) is 0 Å². The summed E-state index contributed by atoms with van der Waals surface area (Å²) >= 11 is 1.34. The summed E-state index contributed by atoms with van der Waals surface area (Å²) in [7, 11) is 1.79. The van der Waals surface area contributed by atoms with Gasteiger partial charge in [0.15, 0.2) is 5.13 Å². The molecular weight excluding hydrogens is 324 g/mol. The quantitative estimate of drug-likeness (QED) is 0.835. The Morgan fingerprint density at radius 1 is 1.29 bits per heavy atom. The third-order valence-corrected chi connectivity index (χ3v) is 4.36. The van der Waals surface area contributed by atoms with Gasteiger partial charge in [-0.05, 0) is 24.1 Å². The molecule has 2 heterocycles. The van der Waals surface area contributed by atoms with Crippen molar-refractivity contribution in [2.24, 2.45) is 5.92 Å². The van der Waals surface area contributed by atoms with E-state index < -0.39 is 0 Å². The van der Waals surface area contributed by atoms with Crippen LogP contribution in [0.15, 0.2) is 29.9 Å². The summed E-state index contributed by atoms with van der Waals surface area (Å²) < 4.78 is 0. The lowest BCUT2D eigenvalue weighted by atomic mass is 10.2. The molecule has 2 amide bonds. The number of carbonyl (C=O) groups excluding carboxylic acids is 2. The Labute approximate surface area is 145 Å². The van der Waals surface area contributed by atoms with E-state index in [-0.39, 0.29) is 24.2 Å². The topological polar surface area (TPSA) is 75.2 Å². The smallest absolute Gasteiger partial charge is 0.228 e. The number of likely N-dealkylation sites (N-methyl/N-ethyl adjacent to an activating group) is 1. The van der Waals surface area contributed by atoms with Crippen LogP contribution in [0.1, 0.15) is 25.1 Å². The Hall–Kier alpha value is -2.28. The van der Waals surface area contributed by atoms with Gasteiger partial charge in [0.25, 0.3) is 0 Å². The second-order valence-electron chi connectivity index (χ2n) is 5.89. The molecule has 2 aromatic rings. The highest BCUT2D eigenvalue weighted by molar-refractivity contribution is 7.13. The van der Waals surface area contributed by atoms with Crippen LogP contribution in [0, 0.1) is 5.92 Å². The third kappa shape index (κ3) is 5.42. The van der Waals surface area contributed by atoms with Gasteiger partial charge in [-0.25, -0.2) is 4.98 Å². The number of rotatable bonds is 7. The Bertz CT molecular complexity index is 685. The lowest BCUT2D eigenvalue weighted by molar-refractivity contribution is -0.129. The zero-order valence-corrected chi connectivity index (χ0v) is 15.0. The van der Waals surface area contributed by atoms with Crippen molar-refractivity contribution in [2.45, 2.75) is 26.7 Å². The van der Waals surface area contributed by atoms with Crippen LogP contribution in [0.3, 0.4) is 0 Å². The van der Waals surface area contributed by atoms with Gasteiger partial charge in [0.2, 0.25) is 11.8 Å². The standard InChI is InChI=1S/C17H22N4O2S/c1-12(2)16(23)20-17-19-14(11-24-17)10-15(22)21(3)9-6-13-4-7-18-8-5-13/h4-5,7-8,11-12H,6,9-10H2,1-3H3,(H,19,20,23). The molecule has 24 heavy (non-hydrogen) atoms. The van der Waals surface area contributed by atoms with Crippen LogP contribution < -0.4 is 5.32 Å². The molecule has 7 heteroatoms. The van der Waals surface area contributed by atoms with E-state index >= 15 is 0 Å². The molecule has 0 atom stereocenters. The van der Waals surface area contributed by atoms with Crippen LogP contribution in [0.2, 0.25) is 0 Å². The molecule has 0 aliphatic carbocycles. The number of nitrogens with one attached hydrogen (secondary N) is 1. The summed E-state index contributed by atoms with van der Waals surface area (Å²) in [5.41, 5.74) is 1.83.